The minimum absolute atomic E-state index is 0.173. The van der Waals surface area contributed by atoms with Crippen molar-refractivity contribution in [3.8, 4) is 11.5 Å². The number of phenolic OH excluding ortho intramolecular Hbond substituents is 2. The molecule has 0 unspecified atom stereocenters. The molecule has 0 spiro atoms. The van der Waals surface area contributed by atoms with Crippen LogP contribution in [0.2, 0.25) is 0 Å². The molecule has 2 aromatic rings. The van der Waals surface area contributed by atoms with Crippen LogP contribution in [0, 0.1) is 0 Å². The van der Waals surface area contributed by atoms with E-state index in [1.54, 1.807) is 25.2 Å². The van der Waals surface area contributed by atoms with Crippen molar-refractivity contribution in [2.24, 2.45) is 0 Å². The Morgan fingerprint density at radius 3 is 2.30 bits per heavy atom. The number of amides is 1. The monoisotopic (exact) mass is 336 g/mol. The Bertz CT molecular complexity index is 653. The van der Waals surface area contributed by atoms with Crippen molar-refractivity contribution in [1.29, 1.82) is 0 Å². The lowest BCUT2D eigenvalue weighted by Crippen LogP contribution is -2.26. The average Bonchev–Trinajstić information content (AvgIpc) is 2.36. The average molecular weight is 337 g/mol. The molecule has 104 valence electrons. The Kier molecular flexibility index (Phi) is 3.85. The molecule has 0 aliphatic carbocycles. The number of nitrogens with two attached hydrogens (primary N) is 1. The van der Waals surface area contributed by atoms with Gasteiger partial charge in [-0.25, -0.2) is 0 Å². The predicted molar refractivity (Wildman–Crippen MR) is 81.1 cm³/mol. The molecule has 0 atom stereocenters. The number of phenols is 2. The van der Waals surface area contributed by atoms with Gasteiger partial charge in [0.1, 0.15) is 11.5 Å². The summed E-state index contributed by atoms with van der Waals surface area (Å²) < 4.78 is 0.814. The predicted octanol–water partition coefficient (Wildman–Crippen LogP) is 2.72. The summed E-state index contributed by atoms with van der Waals surface area (Å²) in [6.07, 6.45) is 0. The van der Waals surface area contributed by atoms with E-state index in [2.05, 4.69) is 15.9 Å². The van der Waals surface area contributed by atoms with Gasteiger partial charge in [0, 0.05) is 23.2 Å². The van der Waals surface area contributed by atoms with Crippen LogP contribution in [0.4, 0.5) is 11.4 Å². The summed E-state index contributed by atoms with van der Waals surface area (Å²) in [7, 11) is 1.57. The zero-order chi connectivity index (χ0) is 14.9. The van der Waals surface area contributed by atoms with Crippen LogP contribution < -0.4 is 10.6 Å². The molecule has 6 heteroatoms. The van der Waals surface area contributed by atoms with E-state index in [0.717, 1.165) is 10.5 Å². The number of rotatable bonds is 2. The van der Waals surface area contributed by atoms with Gasteiger partial charge in [-0.1, -0.05) is 15.9 Å². The lowest BCUT2D eigenvalue weighted by atomic mass is 10.1. The number of benzene rings is 2. The fraction of sp³-hybridized carbons (Fsp3) is 0.0714. The molecule has 4 N–H and O–H groups in total. The summed E-state index contributed by atoms with van der Waals surface area (Å²) in [6, 6.07) is 8.90. The van der Waals surface area contributed by atoms with Crippen molar-refractivity contribution in [2.75, 3.05) is 17.7 Å². The van der Waals surface area contributed by atoms with Gasteiger partial charge in [-0.05, 0) is 30.3 Å². The minimum atomic E-state index is -0.384. The Morgan fingerprint density at radius 2 is 1.75 bits per heavy atom. The molecule has 0 heterocycles. The van der Waals surface area contributed by atoms with Crippen LogP contribution in [0.3, 0.4) is 0 Å². The van der Waals surface area contributed by atoms with Crippen LogP contribution in [0.1, 0.15) is 10.4 Å². The highest BCUT2D eigenvalue weighted by Gasteiger charge is 2.17. The van der Waals surface area contributed by atoms with E-state index in [1.165, 1.54) is 17.0 Å². The molecule has 0 aliphatic rings. The van der Waals surface area contributed by atoms with Gasteiger partial charge in [0.15, 0.2) is 0 Å². The van der Waals surface area contributed by atoms with E-state index in [9.17, 15) is 15.0 Å². The number of nitrogen functional groups attached to an aromatic ring is 1. The number of halogens is 1. The number of carbonyl (C=O) groups is 1. The molecular weight excluding hydrogens is 324 g/mol. The Balaban J connectivity index is 2.37. The third-order valence-corrected chi connectivity index (χ3v) is 3.30. The number of nitrogens with zero attached hydrogens (tertiary/aromatic N) is 1. The Labute approximate surface area is 124 Å². The maximum Gasteiger partial charge on any atom is 0.258 e. The van der Waals surface area contributed by atoms with Crippen LogP contribution in [0.15, 0.2) is 40.9 Å². The molecule has 0 radical (unpaired) electrons. The third-order valence-electron chi connectivity index (χ3n) is 2.81. The van der Waals surface area contributed by atoms with Crippen molar-refractivity contribution in [3.05, 3.63) is 46.4 Å². The summed E-state index contributed by atoms with van der Waals surface area (Å²) in [5, 5.41) is 18.8. The van der Waals surface area contributed by atoms with Crippen LogP contribution in [0.5, 0.6) is 11.5 Å². The molecule has 0 saturated heterocycles. The normalized spacial score (nSPS) is 10.3. The summed E-state index contributed by atoms with van der Waals surface area (Å²) in [5.74, 6) is -0.735. The number of hydrogen-bond acceptors (Lipinski definition) is 4. The fourth-order valence-corrected chi connectivity index (χ4v) is 2.23. The molecule has 2 aromatic carbocycles. The van der Waals surface area contributed by atoms with E-state index in [-0.39, 0.29) is 23.0 Å². The van der Waals surface area contributed by atoms with Crippen LogP contribution >= 0.6 is 15.9 Å². The maximum absolute atomic E-state index is 12.3. The highest BCUT2D eigenvalue weighted by atomic mass is 79.9. The second-order valence-corrected chi connectivity index (χ2v) is 5.22. The van der Waals surface area contributed by atoms with Gasteiger partial charge < -0.3 is 20.8 Å². The van der Waals surface area contributed by atoms with Gasteiger partial charge in [-0.3, -0.25) is 4.79 Å². The van der Waals surface area contributed by atoms with E-state index >= 15 is 0 Å². The van der Waals surface area contributed by atoms with Crippen LogP contribution in [-0.4, -0.2) is 23.2 Å². The first kappa shape index (κ1) is 14.2. The molecular formula is C14H13BrN2O3. The van der Waals surface area contributed by atoms with E-state index in [4.69, 9.17) is 5.73 Å². The smallest absolute Gasteiger partial charge is 0.258 e. The second kappa shape index (κ2) is 5.42. The largest absolute Gasteiger partial charge is 0.508 e. The number of anilines is 2. The molecule has 0 saturated carbocycles. The molecule has 0 aromatic heterocycles. The Morgan fingerprint density at radius 1 is 1.15 bits per heavy atom. The summed E-state index contributed by atoms with van der Waals surface area (Å²) in [4.78, 5) is 13.7. The van der Waals surface area contributed by atoms with Crippen molar-refractivity contribution >= 4 is 33.2 Å². The summed E-state index contributed by atoms with van der Waals surface area (Å²) in [5.41, 5.74) is 7.04. The van der Waals surface area contributed by atoms with Crippen LogP contribution in [-0.2, 0) is 0 Å². The second-order valence-electron chi connectivity index (χ2n) is 4.31. The zero-order valence-corrected chi connectivity index (χ0v) is 12.3. The molecule has 0 fully saturated rings. The molecule has 0 aliphatic heterocycles. The van der Waals surface area contributed by atoms with E-state index in [1.807, 2.05) is 0 Å². The summed E-state index contributed by atoms with van der Waals surface area (Å²) in [6.45, 7) is 0. The van der Waals surface area contributed by atoms with Crippen molar-refractivity contribution in [2.45, 2.75) is 0 Å². The van der Waals surface area contributed by atoms with E-state index < -0.39 is 0 Å². The van der Waals surface area contributed by atoms with Gasteiger partial charge >= 0.3 is 0 Å². The molecule has 20 heavy (non-hydrogen) atoms. The third kappa shape index (κ3) is 2.85. The maximum atomic E-state index is 12.3. The highest BCUT2D eigenvalue weighted by molar-refractivity contribution is 9.10. The molecule has 5 nitrogen and oxygen atoms in total. The van der Waals surface area contributed by atoms with Gasteiger partial charge in [0.05, 0.1) is 11.4 Å². The van der Waals surface area contributed by atoms with Gasteiger partial charge in [-0.15, -0.1) is 0 Å². The molecule has 1 amide bonds. The highest BCUT2D eigenvalue weighted by Crippen LogP contribution is 2.28. The number of hydrogen-bond donors (Lipinski definition) is 3. The first-order valence-corrected chi connectivity index (χ1v) is 6.54. The van der Waals surface area contributed by atoms with Crippen molar-refractivity contribution in [1.82, 2.24) is 0 Å². The van der Waals surface area contributed by atoms with E-state index in [0.29, 0.717) is 11.4 Å². The van der Waals surface area contributed by atoms with Crippen molar-refractivity contribution < 1.29 is 15.0 Å². The Hall–Kier alpha value is -2.21. The van der Waals surface area contributed by atoms with Gasteiger partial charge in [-0.2, -0.15) is 0 Å². The lowest BCUT2D eigenvalue weighted by molar-refractivity contribution is 0.0992. The summed E-state index contributed by atoms with van der Waals surface area (Å²) >= 11 is 3.30. The SMILES string of the molecule is CN(C(=O)c1cc(O)cc(O)c1)c1ccc(Br)cc1N. The topological polar surface area (TPSA) is 86.8 Å². The molecule has 2 rings (SSSR count). The standard InChI is InChI=1S/C14H13BrN2O3/c1-17(13-3-2-9(15)6-12(13)16)14(20)8-4-10(18)7-11(19)5-8/h2-7,18-19H,16H2,1H3. The first-order valence-electron chi connectivity index (χ1n) is 5.74. The quantitative estimate of drug-likeness (QED) is 0.736. The first-order chi connectivity index (χ1) is 9.38. The molecule has 0 bridgehead atoms. The number of aromatic hydroxyl groups is 2. The lowest BCUT2D eigenvalue weighted by Gasteiger charge is -2.19. The fourth-order valence-electron chi connectivity index (χ4n) is 1.85. The number of carbonyl (C=O) groups excluding carboxylic acids is 1. The zero-order valence-electron chi connectivity index (χ0n) is 10.7. The van der Waals surface area contributed by atoms with Crippen LogP contribution in [0.25, 0.3) is 0 Å². The van der Waals surface area contributed by atoms with Crippen molar-refractivity contribution in [3.63, 3.8) is 0 Å². The van der Waals surface area contributed by atoms with Gasteiger partial charge in [0.25, 0.3) is 5.91 Å². The van der Waals surface area contributed by atoms with Gasteiger partial charge in [0.2, 0.25) is 0 Å². The minimum Gasteiger partial charge on any atom is -0.508 e.